The molecule has 0 saturated carbocycles. The second-order valence-corrected chi connectivity index (χ2v) is 24.6. The monoisotopic (exact) mass is 1250 g/mol. The zero-order valence-corrected chi connectivity index (χ0v) is 49.7. The Hall–Kier alpha value is -8.12. The number of alkyl carbamates (subject to hydrolysis) is 1. The number of carbonyl (C=O) groups excluding carboxylic acids is 6. The fourth-order valence-electron chi connectivity index (χ4n) is 11.3. The number of ketones is 2. The maximum atomic E-state index is 13.9. The molecule has 3 aromatic heterocycles. The second-order valence-electron chi connectivity index (χ2n) is 21.9. The van der Waals surface area contributed by atoms with Crippen LogP contribution in [0.25, 0.3) is 33.3 Å². The molecule has 1 saturated heterocycles. The van der Waals surface area contributed by atoms with Crippen LogP contribution >= 0.6 is 21.6 Å². The molecule has 464 valence electrons. The highest BCUT2D eigenvalue weighted by Crippen LogP contribution is 2.50. The van der Waals surface area contributed by atoms with Crippen molar-refractivity contribution < 1.29 is 72.2 Å². The van der Waals surface area contributed by atoms with Gasteiger partial charge in [-0.15, -0.1) is 4.91 Å². The van der Waals surface area contributed by atoms with Crippen molar-refractivity contribution in [2.75, 3.05) is 54.7 Å². The molecular formula is C60H66N10O16S2. The quantitative estimate of drug-likeness (QED) is 0.00909. The van der Waals surface area contributed by atoms with Crippen molar-refractivity contribution in [2.24, 2.45) is 5.18 Å². The molecule has 1 unspecified atom stereocenters. The number of amides is 2. The molecule has 3 aromatic carbocycles. The Morgan fingerprint density at radius 1 is 0.977 bits per heavy atom. The van der Waals surface area contributed by atoms with Crippen LogP contribution in [0.15, 0.2) is 82.5 Å². The number of ether oxygens (including phenoxy) is 5. The standard InChI is InChI=1S/C60H66N10O16S2/c1-31-51(74)42(25-47(83-31)85-44-27-60(79,45(72)30-71)26-33-23-40-39(24-38(33)44)49-48-37(52(40)75)11-8-12-43(48)86-56(49)69-80)66-59(78)82-20-22-88-87-21-19-81-46(73)18-17-41(57(77)84-36-9-6-4-3-5-7-10-36)65-55(76)32-13-15-35(16-14-32)70(2)29-34-28-63-54-50(64-34)53(61)67-58(62)68-54/h6,8-9,11-16,23-24,28,31,36,41-42,44,47,51,71,74,79H,3-5,7,10,17-22,25-27,29-30H2,1-2H3,(H,65,76)(H,66,78)(H4,61,62,63,67,68)/b9-6+/t31-,36?,41+,42+,44-,47-,51+,60-/m0/s1. The van der Waals surface area contributed by atoms with Crippen molar-refractivity contribution in [1.82, 2.24) is 30.6 Å². The minimum atomic E-state index is -2.10. The maximum Gasteiger partial charge on any atom is 0.407 e. The van der Waals surface area contributed by atoms with E-state index in [1.165, 1.54) is 27.7 Å². The first kappa shape index (κ1) is 62.9. The molecule has 3 aliphatic carbocycles. The summed E-state index contributed by atoms with van der Waals surface area (Å²) in [5.41, 5.74) is 14.1. The van der Waals surface area contributed by atoms with Gasteiger partial charge in [0.25, 0.3) is 11.8 Å². The number of aliphatic hydroxyl groups excluding tert-OH is 2. The highest BCUT2D eigenvalue weighted by atomic mass is 33.1. The number of carbonyl (C=O) groups is 6. The molecule has 2 amide bonds. The summed E-state index contributed by atoms with van der Waals surface area (Å²) >= 11 is 0. The average Bonchev–Trinajstić information content (AvgIpc) is 1.58. The van der Waals surface area contributed by atoms with Crippen molar-refractivity contribution >= 4 is 103 Å². The third-order valence-corrected chi connectivity index (χ3v) is 18.1. The van der Waals surface area contributed by atoms with Gasteiger partial charge in [-0.3, -0.25) is 19.2 Å². The fourth-order valence-corrected chi connectivity index (χ4v) is 12.9. The molecule has 0 radical (unpaired) electrons. The molecule has 88 heavy (non-hydrogen) atoms. The van der Waals surface area contributed by atoms with E-state index in [0.29, 0.717) is 68.9 Å². The van der Waals surface area contributed by atoms with E-state index >= 15 is 0 Å². The Morgan fingerprint density at radius 2 is 1.76 bits per heavy atom. The normalized spacial score (nSPS) is 22.0. The van der Waals surface area contributed by atoms with Gasteiger partial charge in [0.2, 0.25) is 5.95 Å². The zero-order valence-electron chi connectivity index (χ0n) is 48.1. The molecule has 1 aliphatic heterocycles. The smallest absolute Gasteiger partial charge is 0.407 e. The summed E-state index contributed by atoms with van der Waals surface area (Å²) in [6.45, 7) is 0.957. The number of rotatable bonds is 23. The largest absolute Gasteiger partial charge is 0.465 e. The van der Waals surface area contributed by atoms with E-state index < -0.39 is 84.7 Å². The molecule has 9 N–H and O–H groups in total. The predicted molar refractivity (Wildman–Crippen MR) is 324 cm³/mol. The third kappa shape index (κ3) is 14.4. The fraction of sp³-hybridized carbons (Fsp3) is 0.433. The molecule has 8 atom stereocenters. The molecule has 4 aliphatic rings. The molecule has 0 spiro atoms. The minimum absolute atomic E-state index is 0.00534. The van der Waals surface area contributed by atoms with Gasteiger partial charge in [-0.2, -0.15) is 9.97 Å². The molecule has 4 heterocycles. The molecule has 0 bridgehead atoms. The van der Waals surface area contributed by atoms with Crippen LogP contribution in [-0.2, 0) is 51.0 Å². The molecule has 1 fully saturated rings. The number of nitrogens with one attached hydrogen (secondary N) is 2. The number of Topliss-reactive ketones (excluding diaryl/α,β-unsaturated/α-hetero) is 1. The third-order valence-electron chi connectivity index (χ3n) is 15.7. The van der Waals surface area contributed by atoms with Crippen LogP contribution in [0.5, 0.6) is 0 Å². The Labute approximate surface area is 511 Å². The first-order valence-electron chi connectivity index (χ1n) is 28.7. The molecule has 10 rings (SSSR count). The van der Waals surface area contributed by atoms with Crippen LogP contribution in [0.1, 0.15) is 114 Å². The van der Waals surface area contributed by atoms with E-state index in [9.17, 15) is 49.0 Å². The molecule has 26 nitrogen and oxygen atoms in total. The minimum Gasteiger partial charge on any atom is -0.465 e. The average molecular weight is 1250 g/mol. The molecular weight excluding hydrogens is 1180 g/mol. The lowest BCUT2D eigenvalue weighted by molar-refractivity contribution is -0.249. The number of nitrogens with two attached hydrogens (primary N) is 2. The number of aliphatic hydroxyl groups is 3. The van der Waals surface area contributed by atoms with Gasteiger partial charge in [0.05, 0.1) is 42.2 Å². The highest BCUT2D eigenvalue weighted by molar-refractivity contribution is 8.76. The summed E-state index contributed by atoms with van der Waals surface area (Å²) < 4.78 is 35.0. The van der Waals surface area contributed by atoms with E-state index in [1.807, 2.05) is 24.1 Å². The first-order valence-corrected chi connectivity index (χ1v) is 31.2. The van der Waals surface area contributed by atoms with Gasteiger partial charge in [-0.05, 0) is 104 Å². The van der Waals surface area contributed by atoms with Crippen molar-refractivity contribution in [3.63, 3.8) is 0 Å². The predicted octanol–water partition coefficient (Wildman–Crippen LogP) is 6.40. The van der Waals surface area contributed by atoms with Gasteiger partial charge in [0, 0.05) is 77.2 Å². The van der Waals surface area contributed by atoms with Crippen molar-refractivity contribution in [3.8, 4) is 11.1 Å². The maximum absolute atomic E-state index is 13.9. The van der Waals surface area contributed by atoms with Crippen molar-refractivity contribution in [1.29, 1.82) is 0 Å². The van der Waals surface area contributed by atoms with Gasteiger partial charge in [-0.25, -0.2) is 19.6 Å². The van der Waals surface area contributed by atoms with E-state index in [2.05, 4.69) is 35.7 Å². The summed E-state index contributed by atoms with van der Waals surface area (Å²) in [6.07, 6.45) is 3.28. The Balaban J connectivity index is 0.676. The van der Waals surface area contributed by atoms with E-state index in [-0.39, 0.29) is 91.1 Å². The Morgan fingerprint density at radius 3 is 2.53 bits per heavy atom. The number of hydrogen-bond donors (Lipinski definition) is 7. The van der Waals surface area contributed by atoms with Crippen LogP contribution in [0, 0.1) is 4.91 Å². The Kier molecular flexibility index (Phi) is 20.0. The van der Waals surface area contributed by atoms with Crippen LogP contribution in [0.3, 0.4) is 0 Å². The van der Waals surface area contributed by atoms with Crippen molar-refractivity contribution in [2.45, 2.75) is 126 Å². The number of furan rings is 1. The number of nitroso groups, excluding NO2 is 1. The summed E-state index contributed by atoms with van der Waals surface area (Å²) in [7, 11) is 4.57. The van der Waals surface area contributed by atoms with Gasteiger partial charge < -0.3 is 70.4 Å². The lowest BCUT2D eigenvalue weighted by atomic mass is 9.73. The topological polar surface area (TPSA) is 383 Å². The SMILES string of the molecule is C[C@@H]1O[C@@H](O[C@H]2C[C@](O)(C(=O)CO)Cc3cc4c(cc32)-c2c(N=O)oc3cccc(c23)C4=O)C[C@@H](NC(=O)OCCSSCCOC(=O)CC[C@@H](NC(=O)c2ccc(N(C)Cc3cnc4nc(N)nc(N)c4n3)cc2)C(=O)OC2/C=C/CCCCC2)[C@@H]1O. The summed E-state index contributed by atoms with van der Waals surface area (Å²) in [5, 5.41) is 41.7. The van der Waals surface area contributed by atoms with Gasteiger partial charge in [0.1, 0.15) is 49.3 Å². The van der Waals surface area contributed by atoms with Gasteiger partial charge in [0.15, 0.2) is 34.8 Å². The zero-order chi connectivity index (χ0) is 62.2. The van der Waals surface area contributed by atoms with E-state index in [4.69, 9.17) is 39.6 Å². The number of nitrogen functional groups attached to an aromatic ring is 2. The molecule has 6 aromatic rings. The van der Waals surface area contributed by atoms with Crippen LogP contribution in [0.4, 0.5) is 28.1 Å². The number of benzene rings is 3. The number of nitrogens with zero attached hydrogens (tertiary/aromatic N) is 6. The van der Waals surface area contributed by atoms with Crippen LogP contribution in [0.2, 0.25) is 0 Å². The highest BCUT2D eigenvalue weighted by Gasteiger charge is 2.47. The first-order chi connectivity index (χ1) is 42.4. The Bertz CT molecular complexity index is 3670. The second kappa shape index (κ2) is 27.9. The number of allylic oxidation sites excluding steroid dienone is 1. The number of aromatic nitrogens is 4. The lowest BCUT2D eigenvalue weighted by Gasteiger charge is -2.42. The van der Waals surface area contributed by atoms with Crippen molar-refractivity contribution in [3.05, 3.63) is 111 Å². The molecule has 28 heteroatoms. The van der Waals surface area contributed by atoms with Crippen LogP contribution < -0.4 is 27.0 Å². The van der Waals surface area contributed by atoms with Gasteiger partial charge >= 0.3 is 18.0 Å². The summed E-state index contributed by atoms with van der Waals surface area (Å²) in [5.74, 6) is -2.44. The lowest BCUT2D eigenvalue weighted by Crippen LogP contribution is -2.56. The van der Waals surface area contributed by atoms with Crippen LogP contribution in [-0.4, -0.2) is 151 Å². The number of anilines is 3. The number of hydrogen-bond acceptors (Lipinski definition) is 26. The number of fused-ring (bicyclic) bond motifs is 4. The van der Waals surface area contributed by atoms with E-state index in [1.54, 1.807) is 61.7 Å². The van der Waals surface area contributed by atoms with Gasteiger partial charge in [-0.1, -0.05) is 46.2 Å². The number of esters is 2. The van der Waals surface area contributed by atoms with E-state index in [0.717, 1.165) is 31.4 Å². The summed E-state index contributed by atoms with van der Waals surface area (Å²) in [6, 6.07) is 12.7. The summed E-state index contributed by atoms with van der Waals surface area (Å²) in [4.78, 5) is 111.